The zero-order valence-corrected chi connectivity index (χ0v) is 14.5. The Bertz CT molecular complexity index is 705. The molecule has 25 heavy (non-hydrogen) atoms. The lowest BCUT2D eigenvalue weighted by molar-refractivity contribution is 0.101. The fourth-order valence-electron chi connectivity index (χ4n) is 3.97. The van der Waals surface area contributed by atoms with Crippen molar-refractivity contribution in [1.29, 1.82) is 0 Å². The number of furan rings is 1. The van der Waals surface area contributed by atoms with Crippen LogP contribution in [-0.2, 0) is 19.4 Å². The molecule has 0 unspecified atom stereocenters. The molecule has 4 rings (SSSR count). The number of nitrogens with zero attached hydrogens (tertiary/aromatic N) is 2. The van der Waals surface area contributed by atoms with E-state index in [0.717, 1.165) is 38.4 Å². The minimum atomic E-state index is 0.00467. The number of hydrogen-bond donors (Lipinski definition) is 1. The van der Waals surface area contributed by atoms with E-state index in [-0.39, 0.29) is 6.03 Å². The Balaban J connectivity index is 1.26. The summed E-state index contributed by atoms with van der Waals surface area (Å²) in [5, 5.41) is 2.94. The smallest absolute Gasteiger partial charge is 0.317 e. The molecule has 2 aliphatic rings. The zero-order chi connectivity index (χ0) is 17.1. The summed E-state index contributed by atoms with van der Waals surface area (Å²) in [6.07, 6.45) is 5.16. The molecular formula is C20H25N3O2. The first kappa shape index (κ1) is 16.2. The van der Waals surface area contributed by atoms with E-state index in [1.165, 1.54) is 24.0 Å². The van der Waals surface area contributed by atoms with Gasteiger partial charge in [-0.3, -0.25) is 4.90 Å². The second kappa shape index (κ2) is 7.31. The van der Waals surface area contributed by atoms with Gasteiger partial charge in [-0.05, 0) is 42.5 Å². The summed E-state index contributed by atoms with van der Waals surface area (Å²) in [6, 6.07) is 13.1. The number of aryl methyl sites for hydroxylation is 1. The van der Waals surface area contributed by atoms with Gasteiger partial charge in [0.15, 0.2) is 0 Å². The van der Waals surface area contributed by atoms with Crippen molar-refractivity contribution in [3.05, 3.63) is 59.5 Å². The van der Waals surface area contributed by atoms with E-state index >= 15 is 0 Å². The summed E-state index contributed by atoms with van der Waals surface area (Å²) in [7, 11) is 0. The minimum absolute atomic E-state index is 0.00467. The first-order valence-corrected chi connectivity index (χ1v) is 9.15. The Labute approximate surface area is 148 Å². The standard InChI is InChI=1S/C20H25N3O2/c24-20(21-15-19-6-3-13-25-19)23-11-9-22(10-12-23)18-8-7-16-4-1-2-5-17(16)14-18/h1-6,13,18H,7-12,14-15H2,(H,21,24)/t18-/m0/s1. The molecule has 1 saturated heterocycles. The van der Waals surface area contributed by atoms with E-state index in [9.17, 15) is 4.79 Å². The van der Waals surface area contributed by atoms with Gasteiger partial charge in [-0.25, -0.2) is 4.79 Å². The van der Waals surface area contributed by atoms with Crippen LogP contribution in [0.2, 0.25) is 0 Å². The van der Waals surface area contributed by atoms with Crippen molar-refractivity contribution in [1.82, 2.24) is 15.1 Å². The number of amides is 2. The highest BCUT2D eigenvalue weighted by atomic mass is 16.3. The summed E-state index contributed by atoms with van der Waals surface area (Å²) < 4.78 is 5.25. The van der Waals surface area contributed by atoms with Crippen LogP contribution in [0, 0.1) is 0 Å². The Hall–Kier alpha value is -2.27. The molecule has 0 bridgehead atoms. The Kier molecular flexibility index (Phi) is 4.74. The van der Waals surface area contributed by atoms with Gasteiger partial charge in [-0.15, -0.1) is 0 Å². The molecule has 1 fully saturated rings. The monoisotopic (exact) mass is 339 g/mol. The van der Waals surface area contributed by atoms with Crippen molar-refractivity contribution < 1.29 is 9.21 Å². The van der Waals surface area contributed by atoms with Gasteiger partial charge in [0.1, 0.15) is 5.76 Å². The number of piperazine rings is 1. The molecule has 5 heteroatoms. The maximum Gasteiger partial charge on any atom is 0.317 e. The van der Waals surface area contributed by atoms with E-state index in [4.69, 9.17) is 4.42 Å². The van der Waals surface area contributed by atoms with Gasteiger partial charge in [-0.2, -0.15) is 0 Å². The highest BCUT2D eigenvalue weighted by Gasteiger charge is 2.28. The third kappa shape index (κ3) is 3.71. The third-order valence-corrected chi connectivity index (χ3v) is 5.43. The minimum Gasteiger partial charge on any atom is -0.467 e. The van der Waals surface area contributed by atoms with Gasteiger partial charge in [0.05, 0.1) is 12.8 Å². The molecule has 1 aliphatic heterocycles. The maximum absolute atomic E-state index is 12.3. The second-order valence-corrected chi connectivity index (χ2v) is 6.93. The topological polar surface area (TPSA) is 48.7 Å². The van der Waals surface area contributed by atoms with Gasteiger partial charge in [0.2, 0.25) is 0 Å². The first-order valence-electron chi connectivity index (χ1n) is 9.15. The van der Waals surface area contributed by atoms with Crippen LogP contribution in [0.5, 0.6) is 0 Å². The van der Waals surface area contributed by atoms with Crippen LogP contribution in [0.3, 0.4) is 0 Å². The Morgan fingerprint density at radius 1 is 1.08 bits per heavy atom. The number of carbonyl (C=O) groups is 1. The van der Waals surface area contributed by atoms with Crippen molar-refractivity contribution in [3.8, 4) is 0 Å². The molecule has 0 saturated carbocycles. The number of hydrogen-bond acceptors (Lipinski definition) is 3. The highest BCUT2D eigenvalue weighted by Crippen LogP contribution is 2.25. The third-order valence-electron chi connectivity index (χ3n) is 5.43. The van der Waals surface area contributed by atoms with Gasteiger partial charge < -0.3 is 14.6 Å². The summed E-state index contributed by atoms with van der Waals surface area (Å²) in [4.78, 5) is 16.8. The molecule has 1 aliphatic carbocycles. The molecule has 1 atom stereocenters. The number of nitrogens with one attached hydrogen (secondary N) is 1. The lowest BCUT2D eigenvalue weighted by Gasteiger charge is -2.41. The largest absolute Gasteiger partial charge is 0.467 e. The maximum atomic E-state index is 12.3. The van der Waals surface area contributed by atoms with Crippen molar-refractivity contribution in [2.24, 2.45) is 0 Å². The predicted octanol–water partition coefficient (Wildman–Crippen LogP) is 2.66. The summed E-state index contributed by atoms with van der Waals surface area (Å²) in [6.45, 7) is 3.96. The zero-order valence-electron chi connectivity index (χ0n) is 14.5. The van der Waals surface area contributed by atoms with Gasteiger partial charge in [-0.1, -0.05) is 24.3 Å². The molecule has 2 aromatic rings. The second-order valence-electron chi connectivity index (χ2n) is 6.93. The van der Waals surface area contributed by atoms with Crippen molar-refractivity contribution in [3.63, 3.8) is 0 Å². The number of rotatable bonds is 3. The van der Waals surface area contributed by atoms with Crippen LogP contribution < -0.4 is 5.32 Å². The van der Waals surface area contributed by atoms with Gasteiger partial charge in [0, 0.05) is 32.2 Å². The fraction of sp³-hybridized carbons (Fsp3) is 0.450. The predicted molar refractivity (Wildman–Crippen MR) is 96.3 cm³/mol. The van der Waals surface area contributed by atoms with E-state index in [0.29, 0.717) is 12.6 Å². The molecule has 132 valence electrons. The van der Waals surface area contributed by atoms with Gasteiger partial charge >= 0.3 is 6.03 Å². The van der Waals surface area contributed by atoms with Crippen molar-refractivity contribution in [2.75, 3.05) is 26.2 Å². The number of carbonyl (C=O) groups excluding carboxylic acids is 1. The molecular weight excluding hydrogens is 314 g/mol. The van der Waals surface area contributed by atoms with E-state index in [2.05, 4.69) is 34.5 Å². The van der Waals surface area contributed by atoms with Crippen LogP contribution >= 0.6 is 0 Å². The van der Waals surface area contributed by atoms with Gasteiger partial charge in [0.25, 0.3) is 0 Å². The summed E-state index contributed by atoms with van der Waals surface area (Å²) in [5.41, 5.74) is 3.01. The van der Waals surface area contributed by atoms with E-state index in [1.807, 2.05) is 17.0 Å². The first-order chi connectivity index (χ1) is 12.3. The molecule has 1 aromatic carbocycles. The van der Waals surface area contributed by atoms with E-state index in [1.54, 1.807) is 6.26 Å². The molecule has 5 nitrogen and oxygen atoms in total. The van der Waals surface area contributed by atoms with E-state index < -0.39 is 0 Å². The van der Waals surface area contributed by atoms with Crippen molar-refractivity contribution >= 4 is 6.03 Å². The normalized spacial score (nSPS) is 21.0. The average molecular weight is 339 g/mol. The van der Waals surface area contributed by atoms with Crippen LogP contribution in [0.4, 0.5) is 4.79 Å². The Morgan fingerprint density at radius 2 is 1.88 bits per heavy atom. The number of benzene rings is 1. The lowest BCUT2D eigenvalue weighted by atomic mass is 9.87. The Morgan fingerprint density at radius 3 is 2.64 bits per heavy atom. The molecule has 0 spiro atoms. The summed E-state index contributed by atoms with van der Waals surface area (Å²) in [5.74, 6) is 0.785. The molecule has 0 radical (unpaired) electrons. The van der Waals surface area contributed by atoms with Crippen LogP contribution in [-0.4, -0.2) is 48.1 Å². The number of urea groups is 1. The lowest BCUT2D eigenvalue weighted by Crippen LogP contribution is -2.54. The SMILES string of the molecule is O=C(NCc1ccco1)N1CCN([C@H]2CCc3ccccc3C2)CC1. The molecule has 2 heterocycles. The molecule has 1 N–H and O–H groups in total. The molecule has 2 amide bonds. The van der Waals surface area contributed by atoms with Crippen molar-refractivity contribution in [2.45, 2.75) is 31.8 Å². The number of fused-ring (bicyclic) bond motifs is 1. The molecule has 1 aromatic heterocycles. The average Bonchev–Trinajstić information content (AvgIpc) is 3.19. The summed E-state index contributed by atoms with van der Waals surface area (Å²) >= 11 is 0. The fourth-order valence-corrected chi connectivity index (χ4v) is 3.97. The van der Waals surface area contributed by atoms with Crippen LogP contribution in [0.15, 0.2) is 47.1 Å². The van der Waals surface area contributed by atoms with Crippen LogP contribution in [0.1, 0.15) is 23.3 Å². The quantitative estimate of drug-likeness (QED) is 0.935. The highest BCUT2D eigenvalue weighted by molar-refractivity contribution is 5.74. The van der Waals surface area contributed by atoms with Crippen LogP contribution in [0.25, 0.3) is 0 Å².